The lowest BCUT2D eigenvalue weighted by Gasteiger charge is -2.39. The minimum Gasteiger partial charge on any atom is -0.507 e. The van der Waals surface area contributed by atoms with Crippen LogP contribution in [0.2, 0.25) is 0 Å². The Hall–Kier alpha value is -5.05. The molecule has 4 unspecified atom stereocenters. The molecule has 53 heavy (non-hydrogen) atoms. The van der Waals surface area contributed by atoms with E-state index >= 15 is 0 Å². The highest BCUT2D eigenvalue weighted by atomic mass is 16.5. The molecule has 2 aromatic carbocycles. The van der Waals surface area contributed by atoms with Gasteiger partial charge in [0, 0.05) is 18.1 Å². The summed E-state index contributed by atoms with van der Waals surface area (Å²) in [6, 6.07) is 2.64. The summed E-state index contributed by atoms with van der Waals surface area (Å²) in [5.74, 6) is -4.62. The summed E-state index contributed by atoms with van der Waals surface area (Å²) in [5, 5.41) is 90.6. The summed E-state index contributed by atoms with van der Waals surface area (Å²) < 4.78 is 5.67. The fourth-order valence-electron chi connectivity index (χ4n) is 6.21. The van der Waals surface area contributed by atoms with Gasteiger partial charge in [-0.25, -0.2) is 4.99 Å². The van der Waals surface area contributed by atoms with Crippen LogP contribution >= 0.6 is 0 Å². The van der Waals surface area contributed by atoms with Gasteiger partial charge in [0.2, 0.25) is 29.5 Å². The van der Waals surface area contributed by atoms with Crippen LogP contribution in [0, 0.1) is 0 Å². The van der Waals surface area contributed by atoms with E-state index in [1.807, 2.05) is 14.1 Å². The summed E-state index contributed by atoms with van der Waals surface area (Å²) in [5.41, 5.74) is 1.66. The first kappa shape index (κ1) is 40.7. The number of carbonyl (C=O) groups is 4. The zero-order valence-electron chi connectivity index (χ0n) is 29.3. The summed E-state index contributed by atoms with van der Waals surface area (Å²) in [7, 11) is 3.66. The molecule has 19 heteroatoms. The van der Waals surface area contributed by atoms with Crippen LogP contribution in [0.4, 0.5) is 5.69 Å². The van der Waals surface area contributed by atoms with E-state index in [1.165, 1.54) is 18.2 Å². The number of hydrogen-bond acceptors (Lipinski definition) is 14. The van der Waals surface area contributed by atoms with E-state index in [9.17, 15) is 60.0 Å². The summed E-state index contributed by atoms with van der Waals surface area (Å²) in [6.45, 7) is -0.466. The van der Waals surface area contributed by atoms with Crippen LogP contribution < -0.4 is 25.8 Å². The highest BCUT2D eigenvalue weighted by molar-refractivity contribution is 5.98. The van der Waals surface area contributed by atoms with Gasteiger partial charge in [0.1, 0.15) is 54.9 Å². The Morgan fingerprint density at radius 2 is 1.51 bits per heavy atom. The fraction of sp³-hybridized carbons (Fsp3) is 0.500. The first-order chi connectivity index (χ1) is 24.9. The molecule has 0 saturated carbocycles. The molecular formula is C34H47N6O13+. The number of amides is 4. The number of benzene rings is 2. The summed E-state index contributed by atoms with van der Waals surface area (Å²) >= 11 is 0. The summed E-state index contributed by atoms with van der Waals surface area (Å²) in [6.07, 6.45) is -5.30. The number of rotatable bonds is 15. The Morgan fingerprint density at radius 3 is 2.15 bits per heavy atom. The standard InChI is InChI=1S/C34H46N6O13/c1-16(43)29(39-28(48)11-27(47)30(49)22-15-53-34(38-22)19-6-4-5-7-24(19)44)33(52)37-21(14-42)32(51)36-20(13-41)31(50)35-18-8-17-9-25(45)26(46)10-23(17)40(2,3)12-18/h4-7,9-10,16,18,20-22,27,29-30,41-43,47,49H,8,11-15H2,1-3H3,(H6-,35,36,37,38,39,44,45,46,48,50,51,52)/p+1/t16-,18?,20+,21-,22?,27?,29+,30?/m1/s1. The predicted molar refractivity (Wildman–Crippen MR) is 187 cm³/mol. The van der Waals surface area contributed by atoms with Gasteiger partial charge in [-0.15, -0.1) is 0 Å². The van der Waals surface area contributed by atoms with Crippen molar-refractivity contribution in [3.8, 4) is 17.2 Å². The number of nitrogens with zero attached hydrogens (tertiary/aromatic N) is 2. The molecule has 8 atom stereocenters. The zero-order valence-corrected chi connectivity index (χ0v) is 29.3. The SMILES string of the molecule is C[C@@H](O)[C@H](NC(=O)CC(O)C(O)C1COC(c2ccccc2O)=N1)C(=O)N[C@H](CO)C(=O)N[C@@H](CO)C(=O)NC1Cc2cc(O)c(O)cc2[N+](C)(C)C1. The van der Waals surface area contributed by atoms with Crippen molar-refractivity contribution in [1.29, 1.82) is 0 Å². The molecule has 0 aromatic heterocycles. The molecule has 2 aliphatic rings. The largest absolute Gasteiger partial charge is 0.507 e. The van der Waals surface area contributed by atoms with Crippen LogP contribution in [-0.2, 0) is 30.3 Å². The number of phenols is 3. The molecule has 0 saturated heterocycles. The quantitative estimate of drug-likeness (QED) is 0.0615. The van der Waals surface area contributed by atoms with Gasteiger partial charge in [-0.05, 0) is 25.1 Å². The maximum atomic E-state index is 13.1. The monoisotopic (exact) mass is 747 g/mol. The lowest BCUT2D eigenvalue weighted by atomic mass is 9.95. The smallest absolute Gasteiger partial charge is 0.245 e. The lowest BCUT2D eigenvalue weighted by Crippen LogP contribution is -2.62. The predicted octanol–water partition coefficient (Wildman–Crippen LogP) is -3.81. The van der Waals surface area contributed by atoms with Crippen molar-refractivity contribution in [2.75, 3.05) is 40.5 Å². The minimum atomic E-state index is -1.69. The number of quaternary nitrogens is 1. The number of likely N-dealkylation sites (N-methyl/N-ethyl adjacent to an activating group) is 1. The van der Waals surface area contributed by atoms with Gasteiger partial charge in [0.25, 0.3) is 0 Å². The lowest BCUT2D eigenvalue weighted by molar-refractivity contribution is -0.137. The Balaban J connectivity index is 1.31. The van der Waals surface area contributed by atoms with Crippen LogP contribution in [0.5, 0.6) is 17.2 Å². The number of aromatic hydroxyl groups is 3. The van der Waals surface area contributed by atoms with Gasteiger partial charge in [0.05, 0.1) is 57.5 Å². The number of carbonyl (C=O) groups excluding carboxylic acids is 4. The van der Waals surface area contributed by atoms with E-state index in [1.54, 1.807) is 18.2 Å². The van der Waals surface area contributed by atoms with Gasteiger partial charge in [-0.1, -0.05) is 12.1 Å². The molecule has 2 aliphatic heterocycles. The third kappa shape index (κ3) is 9.89. The Bertz CT molecular complexity index is 1700. The molecule has 0 radical (unpaired) electrons. The van der Waals surface area contributed by atoms with Gasteiger partial charge in [0.15, 0.2) is 11.5 Å². The molecule has 4 rings (SSSR count). The number of ether oxygens (including phenoxy) is 1. The third-order valence-corrected chi connectivity index (χ3v) is 9.02. The molecule has 0 fully saturated rings. The van der Waals surface area contributed by atoms with Gasteiger partial charge in [-0.3, -0.25) is 23.7 Å². The fourth-order valence-corrected chi connectivity index (χ4v) is 6.21. The maximum Gasteiger partial charge on any atom is 0.245 e. The molecule has 19 nitrogen and oxygen atoms in total. The highest BCUT2D eigenvalue weighted by Gasteiger charge is 2.38. The molecule has 12 N–H and O–H groups in total. The Labute approximate surface area is 304 Å². The topological polar surface area (TPSA) is 300 Å². The van der Waals surface area contributed by atoms with E-state index in [0.29, 0.717) is 12.1 Å². The maximum absolute atomic E-state index is 13.1. The third-order valence-electron chi connectivity index (χ3n) is 9.02. The van der Waals surface area contributed by atoms with Crippen molar-refractivity contribution < 1.29 is 64.8 Å². The number of fused-ring (bicyclic) bond motifs is 1. The number of aliphatic hydroxyl groups excluding tert-OH is 5. The number of phenolic OH excluding ortho intramolecular Hbond substituents is 3. The van der Waals surface area contributed by atoms with Crippen LogP contribution in [0.25, 0.3) is 0 Å². The minimum absolute atomic E-state index is 0.0336. The average molecular weight is 748 g/mol. The second-order valence-corrected chi connectivity index (χ2v) is 13.6. The van der Waals surface area contributed by atoms with E-state index in [4.69, 9.17) is 4.74 Å². The Morgan fingerprint density at radius 1 is 0.887 bits per heavy atom. The molecule has 0 aliphatic carbocycles. The highest BCUT2D eigenvalue weighted by Crippen LogP contribution is 2.38. The first-order valence-electron chi connectivity index (χ1n) is 16.8. The van der Waals surface area contributed by atoms with Crippen molar-refractivity contribution in [3.05, 3.63) is 47.5 Å². The van der Waals surface area contributed by atoms with Crippen molar-refractivity contribution >= 4 is 35.2 Å². The second-order valence-electron chi connectivity index (χ2n) is 13.6. The molecular weight excluding hydrogens is 700 g/mol. The van der Waals surface area contributed by atoms with Crippen LogP contribution in [0.1, 0.15) is 24.5 Å². The van der Waals surface area contributed by atoms with E-state index in [-0.39, 0.29) is 46.2 Å². The number of nitrogens with one attached hydrogen (secondary N) is 4. The normalized spacial score (nSPS) is 20.9. The molecule has 2 heterocycles. The Kier molecular flexibility index (Phi) is 13.2. The van der Waals surface area contributed by atoms with Crippen LogP contribution in [-0.4, -0.2) is 159 Å². The van der Waals surface area contributed by atoms with E-state index in [2.05, 4.69) is 26.3 Å². The molecule has 290 valence electrons. The van der Waals surface area contributed by atoms with Gasteiger partial charge < -0.3 is 66.9 Å². The molecule has 4 amide bonds. The second kappa shape index (κ2) is 17.2. The van der Waals surface area contributed by atoms with Crippen molar-refractivity contribution in [2.45, 2.75) is 68.3 Å². The van der Waals surface area contributed by atoms with Gasteiger partial charge >= 0.3 is 0 Å². The van der Waals surface area contributed by atoms with Crippen LogP contribution in [0.3, 0.4) is 0 Å². The van der Waals surface area contributed by atoms with E-state index in [0.717, 1.165) is 12.6 Å². The molecule has 0 spiro atoms. The number of hydrogen-bond donors (Lipinski definition) is 12. The number of aliphatic hydroxyl groups is 5. The number of para-hydroxylation sites is 1. The van der Waals surface area contributed by atoms with Crippen molar-refractivity contribution in [2.24, 2.45) is 4.99 Å². The first-order valence-corrected chi connectivity index (χ1v) is 16.8. The zero-order chi connectivity index (χ0) is 39.2. The average Bonchev–Trinajstić information content (AvgIpc) is 3.58. The van der Waals surface area contributed by atoms with Crippen LogP contribution in [0.15, 0.2) is 41.4 Å². The molecule has 2 aromatic rings. The van der Waals surface area contributed by atoms with Crippen molar-refractivity contribution in [3.63, 3.8) is 0 Å². The number of aliphatic imine (C=N–C) groups is 1. The van der Waals surface area contributed by atoms with Gasteiger partial charge in [-0.2, -0.15) is 0 Å². The van der Waals surface area contributed by atoms with Crippen molar-refractivity contribution in [1.82, 2.24) is 25.8 Å². The van der Waals surface area contributed by atoms with E-state index < -0.39 is 91.8 Å². The molecule has 0 bridgehead atoms. The summed E-state index contributed by atoms with van der Waals surface area (Å²) in [4.78, 5) is 56.2.